The number of aryl methyl sites for hydroxylation is 1. The monoisotopic (exact) mass is 213 g/mol. The lowest BCUT2D eigenvalue weighted by atomic mass is 10.1. The van der Waals surface area contributed by atoms with Gasteiger partial charge in [0.1, 0.15) is 0 Å². The van der Waals surface area contributed by atoms with Crippen LogP contribution in [0.5, 0.6) is 0 Å². The van der Waals surface area contributed by atoms with Crippen LogP contribution in [0, 0.1) is 5.92 Å². The number of aromatic nitrogens is 1. The molecule has 0 saturated carbocycles. The SMILES string of the molecule is CCc1csc(CC(C)CC(=O)O)n1. The minimum Gasteiger partial charge on any atom is -0.481 e. The Morgan fingerprint density at radius 3 is 2.93 bits per heavy atom. The second-order valence-corrected chi connectivity index (χ2v) is 4.44. The lowest BCUT2D eigenvalue weighted by molar-refractivity contribution is -0.137. The molecule has 4 heteroatoms. The fourth-order valence-electron chi connectivity index (χ4n) is 1.27. The van der Waals surface area contributed by atoms with Crippen molar-refractivity contribution in [3.63, 3.8) is 0 Å². The highest BCUT2D eigenvalue weighted by Gasteiger charge is 2.10. The molecule has 0 bridgehead atoms. The molecule has 78 valence electrons. The Morgan fingerprint density at radius 2 is 2.43 bits per heavy atom. The van der Waals surface area contributed by atoms with Crippen molar-refractivity contribution < 1.29 is 9.90 Å². The van der Waals surface area contributed by atoms with E-state index in [1.54, 1.807) is 11.3 Å². The number of carboxylic acids is 1. The highest BCUT2D eigenvalue weighted by atomic mass is 32.1. The molecule has 1 unspecified atom stereocenters. The molecule has 0 saturated heterocycles. The lowest BCUT2D eigenvalue weighted by Gasteiger charge is -2.04. The van der Waals surface area contributed by atoms with Gasteiger partial charge in [-0.2, -0.15) is 0 Å². The van der Waals surface area contributed by atoms with E-state index in [2.05, 4.69) is 11.9 Å². The largest absolute Gasteiger partial charge is 0.481 e. The molecule has 0 fully saturated rings. The van der Waals surface area contributed by atoms with Crippen molar-refractivity contribution in [2.45, 2.75) is 33.1 Å². The van der Waals surface area contributed by atoms with Crippen molar-refractivity contribution in [1.82, 2.24) is 4.98 Å². The summed E-state index contributed by atoms with van der Waals surface area (Å²) >= 11 is 1.63. The molecular weight excluding hydrogens is 198 g/mol. The van der Waals surface area contributed by atoms with Gasteiger partial charge in [0, 0.05) is 18.2 Å². The second kappa shape index (κ2) is 5.10. The van der Waals surface area contributed by atoms with Gasteiger partial charge in [-0.25, -0.2) is 4.98 Å². The van der Waals surface area contributed by atoms with E-state index < -0.39 is 5.97 Å². The summed E-state index contributed by atoms with van der Waals surface area (Å²) in [4.78, 5) is 14.8. The first-order chi connectivity index (χ1) is 6.61. The molecular formula is C10H15NO2S. The maximum Gasteiger partial charge on any atom is 0.303 e. The Kier molecular flexibility index (Phi) is 4.07. The average molecular weight is 213 g/mol. The molecule has 1 N–H and O–H groups in total. The Balaban J connectivity index is 2.47. The smallest absolute Gasteiger partial charge is 0.303 e. The van der Waals surface area contributed by atoms with Gasteiger partial charge in [0.15, 0.2) is 0 Å². The quantitative estimate of drug-likeness (QED) is 0.816. The van der Waals surface area contributed by atoms with Crippen molar-refractivity contribution in [1.29, 1.82) is 0 Å². The first-order valence-corrected chi connectivity index (χ1v) is 5.64. The van der Waals surface area contributed by atoms with E-state index >= 15 is 0 Å². The van der Waals surface area contributed by atoms with Gasteiger partial charge in [-0.1, -0.05) is 13.8 Å². The number of aliphatic carboxylic acids is 1. The summed E-state index contributed by atoms with van der Waals surface area (Å²) in [5.41, 5.74) is 1.10. The van der Waals surface area contributed by atoms with Crippen molar-refractivity contribution >= 4 is 17.3 Å². The predicted molar refractivity (Wildman–Crippen MR) is 56.6 cm³/mol. The van der Waals surface area contributed by atoms with Crippen LogP contribution in [0.1, 0.15) is 31.0 Å². The molecule has 1 heterocycles. The number of carboxylic acid groups (broad SMARTS) is 1. The molecule has 0 aromatic carbocycles. The minimum absolute atomic E-state index is 0.170. The zero-order valence-corrected chi connectivity index (χ0v) is 9.30. The topological polar surface area (TPSA) is 50.2 Å². The highest BCUT2D eigenvalue weighted by Crippen LogP contribution is 2.16. The normalized spacial score (nSPS) is 12.7. The molecule has 1 rings (SSSR count). The number of rotatable bonds is 5. The summed E-state index contributed by atoms with van der Waals surface area (Å²) in [7, 11) is 0. The van der Waals surface area contributed by atoms with Crippen molar-refractivity contribution in [2.75, 3.05) is 0 Å². The number of carbonyl (C=O) groups is 1. The van der Waals surface area contributed by atoms with E-state index in [4.69, 9.17) is 5.11 Å². The summed E-state index contributed by atoms with van der Waals surface area (Å²) < 4.78 is 0. The highest BCUT2D eigenvalue weighted by molar-refractivity contribution is 7.09. The molecule has 0 amide bonds. The van der Waals surface area contributed by atoms with Crippen LogP contribution in [0.15, 0.2) is 5.38 Å². The Morgan fingerprint density at radius 1 is 1.71 bits per heavy atom. The van der Waals surface area contributed by atoms with Crippen LogP contribution >= 0.6 is 11.3 Å². The molecule has 14 heavy (non-hydrogen) atoms. The predicted octanol–water partition coefficient (Wildman–Crippen LogP) is 2.36. The summed E-state index contributed by atoms with van der Waals surface area (Å²) in [6.45, 7) is 4.01. The molecule has 1 atom stereocenters. The van der Waals surface area contributed by atoms with Crippen LogP contribution in [-0.2, 0) is 17.6 Å². The number of hydrogen-bond acceptors (Lipinski definition) is 3. The van der Waals surface area contributed by atoms with Gasteiger partial charge in [0.25, 0.3) is 0 Å². The van der Waals surface area contributed by atoms with Crippen LogP contribution in [0.25, 0.3) is 0 Å². The average Bonchev–Trinajstić information content (AvgIpc) is 2.50. The maximum absolute atomic E-state index is 10.4. The van der Waals surface area contributed by atoms with E-state index in [1.807, 2.05) is 12.3 Å². The van der Waals surface area contributed by atoms with Gasteiger partial charge >= 0.3 is 5.97 Å². The van der Waals surface area contributed by atoms with E-state index in [9.17, 15) is 4.79 Å². The first-order valence-electron chi connectivity index (χ1n) is 4.77. The summed E-state index contributed by atoms with van der Waals surface area (Å²) in [5.74, 6) is -0.562. The van der Waals surface area contributed by atoms with Gasteiger partial charge in [0.05, 0.1) is 10.7 Å². The molecule has 0 aliphatic carbocycles. The van der Waals surface area contributed by atoms with Gasteiger partial charge in [-0.3, -0.25) is 4.79 Å². The minimum atomic E-state index is -0.732. The van der Waals surface area contributed by atoms with Gasteiger partial charge < -0.3 is 5.11 Å². The molecule has 3 nitrogen and oxygen atoms in total. The molecule has 0 spiro atoms. The van der Waals surface area contributed by atoms with E-state index in [1.165, 1.54) is 0 Å². The third kappa shape index (κ3) is 3.46. The zero-order valence-electron chi connectivity index (χ0n) is 8.49. The number of thiazole rings is 1. The summed E-state index contributed by atoms with van der Waals surface area (Å²) in [6, 6.07) is 0. The van der Waals surface area contributed by atoms with Crippen LogP contribution in [0.3, 0.4) is 0 Å². The summed E-state index contributed by atoms with van der Waals surface area (Å²) in [6.07, 6.45) is 1.95. The third-order valence-corrected chi connectivity index (χ3v) is 2.93. The van der Waals surface area contributed by atoms with Gasteiger partial charge in [-0.05, 0) is 12.3 Å². The Bertz CT molecular complexity index is 309. The first kappa shape index (κ1) is 11.2. The number of nitrogens with zero attached hydrogens (tertiary/aromatic N) is 1. The zero-order chi connectivity index (χ0) is 10.6. The lowest BCUT2D eigenvalue weighted by Crippen LogP contribution is -2.06. The van der Waals surface area contributed by atoms with Crippen LogP contribution in [0.4, 0.5) is 0 Å². The third-order valence-electron chi connectivity index (χ3n) is 2.01. The van der Waals surface area contributed by atoms with Crippen molar-refractivity contribution in [2.24, 2.45) is 5.92 Å². The fraction of sp³-hybridized carbons (Fsp3) is 0.600. The van der Waals surface area contributed by atoms with Gasteiger partial charge in [-0.15, -0.1) is 11.3 Å². The molecule has 0 aliphatic rings. The van der Waals surface area contributed by atoms with Crippen molar-refractivity contribution in [3.05, 3.63) is 16.1 Å². The van der Waals surface area contributed by atoms with Gasteiger partial charge in [0.2, 0.25) is 0 Å². The van der Waals surface area contributed by atoms with E-state index in [-0.39, 0.29) is 12.3 Å². The molecule has 0 radical (unpaired) electrons. The molecule has 1 aromatic heterocycles. The van der Waals surface area contributed by atoms with E-state index in [0.29, 0.717) is 0 Å². The summed E-state index contributed by atoms with van der Waals surface area (Å²) in [5, 5.41) is 11.7. The van der Waals surface area contributed by atoms with Crippen LogP contribution < -0.4 is 0 Å². The Labute approximate surface area is 87.8 Å². The number of hydrogen-bond donors (Lipinski definition) is 1. The van der Waals surface area contributed by atoms with Crippen LogP contribution in [0.2, 0.25) is 0 Å². The van der Waals surface area contributed by atoms with E-state index in [0.717, 1.165) is 23.5 Å². The van der Waals surface area contributed by atoms with Crippen LogP contribution in [-0.4, -0.2) is 16.1 Å². The fourth-order valence-corrected chi connectivity index (χ4v) is 2.32. The standard InChI is InChI=1S/C10H15NO2S/c1-3-8-6-14-9(11-8)4-7(2)5-10(12)13/h6-7H,3-5H2,1-2H3,(H,12,13). The van der Waals surface area contributed by atoms with Crippen molar-refractivity contribution in [3.8, 4) is 0 Å². The second-order valence-electron chi connectivity index (χ2n) is 3.49. The maximum atomic E-state index is 10.4. The molecule has 1 aromatic rings. The Hall–Kier alpha value is -0.900. The molecule has 0 aliphatic heterocycles.